The molecule has 1 fully saturated rings. The van der Waals surface area contributed by atoms with Crippen LogP contribution in [0, 0.1) is 0 Å². The third-order valence-corrected chi connectivity index (χ3v) is 5.63. The molecule has 0 saturated carbocycles. The Morgan fingerprint density at radius 3 is 2.77 bits per heavy atom. The van der Waals surface area contributed by atoms with Crippen molar-refractivity contribution in [3.63, 3.8) is 0 Å². The SMILES string of the molecule is Cl.NCC(NC(=O)CSCC1CCCCO1)c1ccc2ccccc2c1. The minimum absolute atomic E-state index is 0. The van der Waals surface area contributed by atoms with E-state index in [1.54, 1.807) is 11.8 Å². The molecular formula is C20H27ClN2O2S. The molecule has 0 aromatic heterocycles. The number of hydrogen-bond donors (Lipinski definition) is 2. The summed E-state index contributed by atoms with van der Waals surface area (Å²) < 4.78 is 5.70. The van der Waals surface area contributed by atoms with Gasteiger partial charge in [-0.3, -0.25) is 4.79 Å². The zero-order valence-electron chi connectivity index (χ0n) is 14.9. The minimum atomic E-state index is -0.149. The number of fused-ring (bicyclic) bond motifs is 1. The summed E-state index contributed by atoms with van der Waals surface area (Å²) in [6.07, 6.45) is 3.80. The van der Waals surface area contributed by atoms with Gasteiger partial charge in [-0.1, -0.05) is 36.4 Å². The second-order valence-corrected chi connectivity index (χ2v) is 7.50. The Morgan fingerprint density at radius 2 is 2.04 bits per heavy atom. The Labute approximate surface area is 165 Å². The van der Waals surface area contributed by atoms with E-state index in [0.717, 1.165) is 36.2 Å². The lowest BCUT2D eigenvalue weighted by Gasteiger charge is -2.22. The molecular weight excluding hydrogens is 368 g/mol. The maximum Gasteiger partial charge on any atom is 0.230 e. The van der Waals surface area contributed by atoms with Crippen molar-refractivity contribution in [2.45, 2.75) is 31.4 Å². The molecule has 0 spiro atoms. The van der Waals surface area contributed by atoms with Crippen molar-refractivity contribution < 1.29 is 9.53 Å². The lowest BCUT2D eigenvalue weighted by molar-refractivity contribution is -0.119. The summed E-state index contributed by atoms with van der Waals surface area (Å²) in [6.45, 7) is 1.25. The number of ether oxygens (including phenoxy) is 1. The third-order valence-electron chi connectivity index (χ3n) is 4.56. The predicted molar refractivity (Wildman–Crippen MR) is 112 cm³/mol. The van der Waals surface area contributed by atoms with Crippen LogP contribution < -0.4 is 11.1 Å². The lowest BCUT2D eigenvalue weighted by atomic mass is 10.0. The molecule has 2 aromatic carbocycles. The van der Waals surface area contributed by atoms with Gasteiger partial charge in [-0.15, -0.1) is 24.2 Å². The van der Waals surface area contributed by atoms with Gasteiger partial charge in [-0.05, 0) is 41.7 Å². The Kier molecular flexibility index (Phi) is 8.72. The van der Waals surface area contributed by atoms with Gasteiger partial charge in [0.15, 0.2) is 0 Å². The number of thioether (sulfide) groups is 1. The number of hydrogen-bond acceptors (Lipinski definition) is 4. The second kappa shape index (κ2) is 10.8. The summed E-state index contributed by atoms with van der Waals surface area (Å²) in [5.74, 6) is 1.37. The number of nitrogens with two attached hydrogens (primary N) is 1. The summed E-state index contributed by atoms with van der Waals surface area (Å²) in [4.78, 5) is 12.3. The van der Waals surface area contributed by atoms with Crippen molar-refractivity contribution in [3.8, 4) is 0 Å². The molecule has 0 radical (unpaired) electrons. The van der Waals surface area contributed by atoms with Gasteiger partial charge < -0.3 is 15.8 Å². The standard InChI is InChI=1S/C20H26N2O2S.ClH/c21-12-19(17-9-8-15-5-1-2-6-16(15)11-17)22-20(23)14-25-13-18-7-3-4-10-24-18;/h1-2,5-6,8-9,11,18-19H,3-4,7,10,12-14,21H2,(H,22,23);1H. The average molecular weight is 395 g/mol. The fourth-order valence-corrected chi connectivity index (χ4v) is 4.07. The fourth-order valence-electron chi connectivity index (χ4n) is 3.16. The van der Waals surface area contributed by atoms with E-state index >= 15 is 0 Å². The molecule has 0 aliphatic carbocycles. The maximum atomic E-state index is 12.3. The third kappa shape index (κ3) is 5.88. The van der Waals surface area contributed by atoms with Crippen LogP contribution in [0.3, 0.4) is 0 Å². The number of carbonyl (C=O) groups is 1. The molecule has 1 aliphatic heterocycles. The highest BCUT2D eigenvalue weighted by Gasteiger charge is 2.16. The Morgan fingerprint density at radius 1 is 1.23 bits per heavy atom. The van der Waals surface area contributed by atoms with E-state index in [-0.39, 0.29) is 24.4 Å². The highest BCUT2D eigenvalue weighted by Crippen LogP contribution is 2.21. The van der Waals surface area contributed by atoms with E-state index in [1.165, 1.54) is 11.8 Å². The van der Waals surface area contributed by atoms with Crippen LogP contribution in [0.1, 0.15) is 30.9 Å². The first-order chi connectivity index (χ1) is 12.3. The van der Waals surface area contributed by atoms with Crippen molar-refractivity contribution in [1.82, 2.24) is 5.32 Å². The van der Waals surface area contributed by atoms with Crippen LogP contribution in [-0.4, -0.2) is 36.7 Å². The molecule has 1 heterocycles. The Balaban J connectivity index is 0.00000243. The molecule has 3 rings (SSSR count). The van der Waals surface area contributed by atoms with Gasteiger partial charge in [0.05, 0.1) is 17.9 Å². The number of carbonyl (C=O) groups excluding carboxylic acids is 1. The zero-order valence-corrected chi connectivity index (χ0v) is 16.5. The van der Waals surface area contributed by atoms with Crippen LogP contribution in [0.2, 0.25) is 0 Å². The molecule has 3 N–H and O–H groups in total. The number of benzene rings is 2. The molecule has 1 saturated heterocycles. The summed E-state index contributed by atoms with van der Waals surface area (Å²) in [5.41, 5.74) is 6.95. The number of nitrogens with one attached hydrogen (secondary N) is 1. The van der Waals surface area contributed by atoms with Gasteiger partial charge in [-0.25, -0.2) is 0 Å². The number of rotatable bonds is 7. The minimum Gasteiger partial charge on any atom is -0.377 e. The molecule has 2 atom stereocenters. The molecule has 26 heavy (non-hydrogen) atoms. The molecule has 1 amide bonds. The predicted octanol–water partition coefficient (Wildman–Crippen LogP) is 3.68. The van der Waals surface area contributed by atoms with E-state index in [2.05, 4.69) is 29.6 Å². The molecule has 2 unspecified atom stereocenters. The van der Waals surface area contributed by atoms with Crippen molar-refractivity contribution in [1.29, 1.82) is 0 Å². The van der Waals surface area contributed by atoms with Crippen LogP contribution in [0.15, 0.2) is 42.5 Å². The van der Waals surface area contributed by atoms with Gasteiger partial charge in [0.25, 0.3) is 0 Å². The first-order valence-corrected chi connectivity index (χ1v) is 10.1. The first kappa shape index (κ1) is 21.0. The van der Waals surface area contributed by atoms with Crippen molar-refractivity contribution in [2.24, 2.45) is 5.73 Å². The highest BCUT2D eigenvalue weighted by molar-refractivity contribution is 7.99. The van der Waals surface area contributed by atoms with Gasteiger partial charge in [0.1, 0.15) is 0 Å². The van der Waals surface area contributed by atoms with E-state index in [0.29, 0.717) is 18.4 Å². The van der Waals surface area contributed by atoms with Gasteiger partial charge in [0.2, 0.25) is 5.91 Å². The molecule has 4 nitrogen and oxygen atoms in total. The van der Waals surface area contributed by atoms with Crippen LogP contribution in [-0.2, 0) is 9.53 Å². The smallest absolute Gasteiger partial charge is 0.230 e. The van der Waals surface area contributed by atoms with Gasteiger partial charge in [0, 0.05) is 18.9 Å². The fraction of sp³-hybridized carbons (Fsp3) is 0.450. The van der Waals surface area contributed by atoms with E-state index < -0.39 is 0 Å². The Hall–Kier alpha value is -1.27. The highest BCUT2D eigenvalue weighted by atomic mass is 35.5. The number of amides is 1. The van der Waals surface area contributed by atoms with Crippen molar-refractivity contribution in [3.05, 3.63) is 48.0 Å². The second-order valence-electron chi connectivity index (χ2n) is 6.47. The van der Waals surface area contributed by atoms with Gasteiger partial charge >= 0.3 is 0 Å². The van der Waals surface area contributed by atoms with Crippen LogP contribution in [0.25, 0.3) is 10.8 Å². The normalized spacial score (nSPS) is 18.1. The molecule has 1 aliphatic rings. The van der Waals surface area contributed by atoms with Crippen LogP contribution in [0.4, 0.5) is 0 Å². The van der Waals surface area contributed by atoms with Gasteiger partial charge in [-0.2, -0.15) is 0 Å². The van der Waals surface area contributed by atoms with Crippen LogP contribution >= 0.6 is 24.2 Å². The molecule has 6 heteroatoms. The van der Waals surface area contributed by atoms with E-state index in [4.69, 9.17) is 10.5 Å². The zero-order chi connectivity index (χ0) is 17.5. The summed E-state index contributed by atoms with van der Waals surface area (Å²) in [5, 5.41) is 5.41. The monoisotopic (exact) mass is 394 g/mol. The van der Waals surface area contributed by atoms with Crippen molar-refractivity contribution in [2.75, 3.05) is 24.7 Å². The lowest BCUT2D eigenvalue weighted by Crippen LogP contribution is -2.34. The quantitative estimate of drug-likeness (QED) is 0.751. The first-order valence-electron chi connectivity index (χ1n) is 8.94. The topological polar surface area (TPSA) is 64.3 Å². The van der Waals surface area contributed by atoms with E-state index in [9.17, 15) is 4.79 Å². The van der Waals surface area contributed by atoms with E-state index in [1.807, 2.05) is 18.2 Å². The molecule has 0 bridgehead atoms. The largest absolute Gasteiger partial charge is 0.377 e. The average Bonchev–Trinajstić information content (AvgIpc) is 2.66. The van der Waals surface area contributed by atoms with Crippen LogP contribution in [0.5, 0.6) is 0 Å². The summed E-state index contributed by atoms with van der Waals surface area (Å²) in [7, 11) is 0. The van der Waals surface area contributed by atoms with Crippen molar-refractivity contribution >= 4 is 40.8 Å². The maximum absolute atomic E-state index is 12.3. The number of halogens is 1. The summed E-state index contributed by atoms with van der Waals surface area (Å²) in [6, 6.07) is 14.3. The summed E-state index contributed by atoms with van der Waals surface area (Å²) >= 11 is 1.64. The molecule has 142 valence electrons. The molecule has 2 aromatic rings. The Bertz CT molecular complexity index is 707.